The summed E-state index contributed by atoms with van der Waals surface area (Å²) < 4.78 is 2.00. The van der Waals surface area contributed by atoms with Gasteiger partial charge in [-0.3, -0.25) is 0 Å². The normalized spacial score (nSPS) is 12.7. The number of rotatable bonds is 5. The number of benzene rings is 2. The number of hydrogen-bond acceptors (Lipinski definition) is 2. The number of aromatic nitrogens is 2. The fraction of sp³-hybridized carbons (Fsp3) is 0.278. The van der Waals surface area contributed by atoms with Crippen LogP contribution in [0, 0.1) is 0 Å². The molecule has 1 unspecified atom stereocenters. The van der Waals surface area contributed by atoms with Crippen LogP contribution in [0.4, 0.5) is 0 Å². The Labute approximate surface area is 124 Å². The first-order valence-corrected chi connectivity index (χ1v) is 7.34. The molecule has 108 valence electrons. The van der Waals surface area contributed by atoms with Gasteiger partial charge in [0.05, 0.1) is 6.10 Å². The molecule has 21 heavy (non-hydrogen) atoms. The van der Waals surface area contributed by atoms with Crippen molar-refractivity contribution in [1.82, 2.24) is 9.55 Å². The molecule has 0 saturated heterocycles. The van der Waals surface area contributed by atoms with Crippen molar-refractivity contribution in [1.29, 1.82) is 0 Å². The highest BCUT2D eigenvalue weighted by molar-refractivity contribution is 5.82. The molecule has 1 N–H and O–H groups in total. The molecule has 0 bridgehead atoms. The van der Waals surface area contributed by atoms with E-state index >= 15 is 0 Å². The van der Waals surface area contributed by atoms with E-state index in [0.29, 0.717) is 6.42 Å². The Kier molecular flexibility index (Phi) is 4.02. The second-order valence-corrected chi connectivity index (χ2v) is 5.53. The fourth-order valence-electron chi connectivity index (χ4n) is 2.67. The van der Waals surface area contributed by atoms with Crippen molar-refractivity contribution >= 4 is 10.8 Å². The SMILES string of the molecule is Cn1ccnc1CCC(O)Cc1ccc2ccccc2c1. The fourth-order valence-corrected chi connectivity index (χ4v) is 2.67. The Morgan fingerprint density at radius 1 is 1.14 bits per heavy atom. The van der Waals surface area contributed by atoms with Crippen LogP contribution in [-0.2, 0) is 19.9 Å². The second kappa shape index (κ2) is 6.10. The zero-order valence-corrected chi connectivity index (χ0v) is 12.2. The monoisotopic (exact) mass is 280 g/mol. The van der Waals surface area contributed by atoms with Gasteiger partial charge in [-0.2, -0.15) is 0 Å². The third-order valence-corrected chi connectivity index (χ3v) is 3.91. The highest BCUT2D eigenvalue weighted by Gasteiger charge is 2.08. The Bertz CT molecular complexity index is 733. The molecular formula is C18H20N2O. The largest absolute Gasteiger partial charge is 0.393 e. The molecule has 0 radical (unpaired) electrons. The molecule has 0 amide bonds. The highest BCUT2D eigenvalue weighted by atomic mass is 16.3. The lowest BCUT2D eigenvalue weighted by molar-refractivity contribution is 0.164. The van der Waals surface area contributed by atoms with Crippen LogP contribution in [0.3, 0.4) is 0 Å². The summed E-state index contributed by atoms with van der Waals surface area (Å²) in [4.78, 5) is 4.29. The maximum atomic E-state index is 10.2. The summed E-state index contributed by atoms with van der Waals surface area (Å²) in [6.45, 7) is 0. The first-order chi connectivity index (χ1) is 10.2. The van der Waals surface area contributed by atoms with E-state index < -0.39 is 0 Å². The molecule has 3 rings (SSSR count). The lowest BCUT2D eigenvalue weighted by Gasteiger charge is -2.11. The molecule has 0 aliphatic rings. The summed E-state index contributed by atoms with van der Waals surface area (Å²) in [5.74, 6) is 1.02. The maximum absolute atomic E-state index is 10.2. The summed E-state index contributed by atoms with van der Waals surface area (Å²) >= 11 is 0. The van der Waals surface area contributed by atoms with E-state index in [4.69, 9.17) is 0 Å². The summed E-state index contributed by atoms with van der Waals surface area (Å²) in [6, 6.07) is 14.7. The van der Waals surface area contributed by atoms with Crippen LogP contribution in [0.15, 0.2) is 54.9 Å². The Hall–Kier alpha value is -2.13. The lowest BCUT2D eigenvalue weighted by Crippen LogP contribution is -2.13. The van der Waals surface area contributed by atoms with Gasteiger partial charge in [0.2, 0.25) is 0 Å². The zero-order chi connectivity index (χ0) is 14.7. The summed E-state index contributed by atoms with van der Waals surface area (Å²) in [7, 11) is 1.98. The van der Waals surface area contributed by atoms with Crippen LogP contribution in [0.2, 0.25) is 0 Å². The minimum Gasteiger partial charge on any atom is -0.393 e. The predicted molar refractivity (Wildman–Crippen MR) is 85.2 cm³/mol. The van der Waals surface area contributed by atoms with Gasteiger partial charge >= 0.3 is 0 Å². The molecule has 0 saturated carbocycles. The quantitative estimate of drug-likeness (QED) is 0.780. The van der Waals surface area contributed by atoms with Gasteiger partial charge in [-0.1, -0.05) is 42.5 Å². The van der Waals surface area contributed by atoms with Gasteiger partial charge < -0.3 is 9.67 Å². The summed E-state index contributed by atoms with van der Waals surface area (Å²) in [5.41, 5.74) is 1.18. The van der Waals surface area contributed by atoms with Crippen molar-refractivity contribution in [3.05, 3.63) is 66.2 Å². The highest BCUT2D eigenvalue weighted by Crippen LogP contribution is 2.17. The Balaban J connectivity index is 1.63. The van der Waals surface area contributed by atoms with Gasteiger partial charge in [0, 0.05) is 25.9 Å². The van der Waals surface area contributed by atoms with Crippen LogP contribution in [0.25, 0.3) is 10.8 Å². The van der Waals surface area contributed by atoms with Crippen LogP contribution in [0.5, 0.6) is 0 Å². The average molecular weight is 280 g/mol. The standard InChI is InChI=1S/C18H20N2O/c1-20-11-10-19-18(20)9-8-17(21)13-14-6-7-15-4-2-3-5-16(15)12-14/h2-7,10-12,17,21H,8-9,13H2,1H3. The van der Waals surface area contributed by atoms with Crippen LogP contribution >= 0.6 is 0 Å². The topological polar surface area (TPSA) is 38.0 Å². The summed E-state index contributed by atoms with van der Waals surface area (Å²) in [6.07, 6.45) is 5.63. The third kappa shape index (κ3) is 3.31. The van der Waals surface area contributed by atoms with Gasteiger partial charge in [0.15, 0.2) is 0 Å². The molecule has 3 heteroatoms. The molecule has 2 aromatic carbocycles. The minimum atomic E-state index is -0.331. The molecule has 1 atom stereocenters. The van der Waals surface area contributed by atoms with Crippen molar-refractivity contribution in [3.8, 4) is 0 Å². The molecule has 1 heterocycles. The van der Waals surface area contributed by atoms with Crippen molar-refractivity contribution in [2.24, 2.45) is 7.05 Å². The number of aryl methyl sites for hydroxylation is 2. The van der Waals surface area contributed by atoms with E-state index in [0.717, 1.165) is 18.7 Å². The first kappa shape index (κ1) is 13.8. The Morgan fingerprint density at radius 3 is 2.71 bits per heavy atom. The number of aliphatic hydroxyl groups excluding tert-OH is 1. The molecule has 0 aliphatic heterocycles. The van der Waals surface area contributed by atoms with Gasteiger partial charge in [-0.25, -0.2) is 4.98 Å². The summed E-state index contributed by atoms with van der Waals surface area (Å²) in [5, 5.41) is 12.7. The van der Waals surface area contributed by atoms with Gasteiger partial charge in [-0.15, -0.1) is 0 Å². The molecule has 0 spiro atoms. The van der Waals surface area contributed by atoms with Gasteiger partial charge in [0.25, 0.3) is 0 Å². The molecule has 3 aromatic rings. The van der Waals surface area contributed by atoms with E-state index in [1.165, 1.54) is 16.3 Å². The lowest BCUT2D eigenvalue weighted by atomic mass is 10.0. The van der Waals surface area contributed by atoms with Crippen LogP contribution in [-0.4, -0.2) is 20.8 Å². The number of nitrogens with zero attached hydrogens (tertiary/aromatic N) is 2. The molecule has 1 aromatic heterocycles. The third-order valence-electron chi connectivity index (χ3n) is 3.91. The minimum absolute atomic E-state index is 0.331. The maximum Gasteiger partial charge on any atom is 0.108 e. The second-order valence-electron chi connectivity index (χ2n) is 5.53. The van der Waals surface area contributed by atoms with E-state index in [1.807, 2.05) is 29.9 Å². The number of imidazole rings is 1. The number of fused-ring (bicyclic) bond motifs is 1. The predicted octanol–water partition coefficient (Wildman–Crippen LogP) is 3.11. The zero-order valence-electron chi connectivity index (χ0n) is 12.2. The van der Waals surface area contributed by atoms with Crippen molar-refractivity contribution in [3.63, 3.8) is 0 Å². The van der Waals surface area contributed by atoms with Crippen LogP contribution < -0.4 is 0 Å². The smallest absolute Gasteiger partial charge is 0.108 e. The molecule has 0 aliphatic carbocycles. The average Bonchev–Trinajstić information content (AvgIpc) is 2.90. The van der Waals surface area contributed by atoms with Crippen molar-refractivity contribution in [2.75, 3.05) is 0 Å². The van der Waals surface area contributed by atoms with E-state index in [9.17, 15) is 5.11 Å². The molecule has 3 nitrogen and oxygen atoms in total. The number of hydrogen-bond donors (Lipinski definition) is 1. The van der Waals surface area contributed by atoms with Gasteiger partial charge in [0.1, 0.15) is 5.82 Å². The van der Waals surface area contributed by atoms with Gasteiger partial charge in [-0.05, 0) is 29.2 Å². The van der Waals surface area contributed by atoms with Crippen molar-refractivity contribution in [2.45, 2.75) is 25.4 Å². The first-order valence-electron chi connectivity index (χ1n) is 7.34. The van der Waals surface area contributed by atoms with E-state index in [1.54, 1.807) is 6.20 Å². The molecular weight excluding hydrogens is 260 g/mol. The van der Waals surface area contributed by atoms with Crippen LogP contribution in [0.1, 0.15) is 17.8 Å². The van der Waals surface area contributed by atoms with E-state index in [-0.39, 0.29) is 6.10 Å². The number of aliphatic hydroxyl groups is 1. The Morgan fingerprint density at radius 2 is 1.95 bits per heavy atom. The van der Waals surface area contributed by atoms with Crippen molar-refractivity contribution < 1.29 is 5.11 Å². The van der Waals surface area contributed by atoms with E-state index in [2.05, 4.69) is 35.3 Å². The molecule has 0 fully saturated rings.